The van der Waals surface area contributed by atoms with E-state index in [4.69, 9.17) is 0 Å². The second-order valence-electron chi connectivity index (χ2n) is 7.65. The molecule has 0 amide bonds. The average Bonchev–Trinajstić information content (AvgIpc) is 2.89. The molecule has 0 fully saturated rings. The summed E-state index contributed by atoms with van der Waals surface area (Å²) < 4.78 is 2.09. The average molecular weight is 342 g/mol. The Morgan fingerprint density at radius 2 is 2.12 bits per heavy atom. The first-order chi connectivity index (χ1) is 12.0. The molecule has 2 atom stereocenters. The van der Waals surface area contributed by atoms with Crippen molar-refractivity contribution in [2.45, 2.75) is 65.0 Å². The van der Waals surface area contributed by atoms with Gasteiger partial charge in [-0.1, -0.05) is 39.0 Å². The van der Waals surface area contributed by atoms with E-state index in [0.29, 0.717) is 12.5 Å². The Bertz CT molecular complexity index is 748. The minimum atomic E-state index is -0.733. The van der Waals surface area contributed by atoms with Crippen molar-refractivity contribution in [2.24, 2.45) is 5.92 Å². The van der Waals surface area contributed by atoms with Crippen LogP contribution in [0.4, 0.5) is 0 Å². The second kappa shape index (κ2) is 7.61. The summed E-state index contributed by atoms with van der Waals surface area (Å²) in [6.45, 7) is 7.53. The molecule has 0 saturated heterocycles. The van der Waals surface area contributed by atoms with Crippen LogP contribution in [0.3, 0.4) is 0 Å². The van der Waals surface area contributed by atoms with E-state index in [1.807, 2.05) is 13.0 Å². The molecule has 0 saturated carbocycles. The number of para-hydroxylation sites is 1. The van der Waals surface area contributed by atoms with Gasteiger partial charge >= 0.3 is 5.97 Å². The van der Waals surface area contributed by atoms with Crippen molar-refractivity contribution in [3.63, 3.8) is 0 Å². The lowest BCUT2D eigenvalue weighted by atomic mass is 9.91. The predicted molar refractivity (Wildman–Crippen MR) is 102 cm³/mol. The minimum Gasteiger partial charge on any atom is -0.480 e. The lowest BCUT2D eigenvalue weighted by molar-refractivity contribution is -0.140. The van der Waals surface area contributed by atoms with Gasteiger partial charge in [-0.05, 0) is 56.2 Å². The molecule has 0 aliphatic heterocycles. The third-order valence-corrected chi connectivity index (χ3v) is 5.45. The normalized spacial score (nSPS) is 18.5. The zero-order valence-corrected chi connectivity index (χ0v) is 15.6. The lowest BCUT2D eigenvalue weighted by Crippen LogP contribution is -2.36. The highest BCUT2D eigenvalue weighted by molar-refractivity contribution is 5.88. The van der Waals surface area contributed by atoms with E-state index < -0.39 is 12.0 Å². The maximum atomic E-state index is 11.8. The number of carboxylic acids is 1. The number of nitrogens with zero attached hydrogens (tertiary/aromatic N) is 1. The second-order valence-corrected chi connectivity index (χ2v) is 7.65. The van der Waals surface area contributed by atoms with Gasteiger partial charge in [-0.2, -0.15) is 0 Å². The molecule has 1 heterocycles. The Morgan fingerprint density at radius 3 is 2.80 bits per heavy atom. The highest BCUT2D eigenvalue weighted by atomic mass is 16.4. The van der Waals surface area contributed by atoms with Crippen molar-refractivity contribution in [1.29, 1.82) is 0 Å². The van der Waals surface area contributed by atoms with Crippen molar-refractivity contribution in [3.8, 4) is 0 Å². The van der Waals surface area contributed by atoms with Gasteiger partial charge in [0.05, 0.1) is 0 Å². The Labute approximate surface area is 150 Å². The summed E-state index contributed by atoms with van der Waals surface area (Å²) in [4.78, 5) is 11.8. The Hall–Kier alpha value is -1.81. The summed E-state index contributed by atoms with van der Waals surface area (Å²) in [6.07, 6.45) is 4.83. The van der Waals surface area contributed by atoms with Crippen LogP contribution >= 0.6 is 0 Å². The first-order valence-electron chi connectivity index (χ1n) is 9.59. The number of carbonyl (C=O) groups is 1. The van der Waals surface area contributed by atoms with Crippen LogP contribution in [0.2, 0.25) is 0 Å². The summed E-state index contributed by atoms with van der Waals surface area (Å²) in [6, 6.07) is 8.31. The quantitative estimate of drug-likeness (QED) is 0.794. The van der Waals surface area contributed by atoms with E-state index in [1.165, 1.54) is 23.1 Å². The van der Waals surface area contributed by atoms with Gasteiger partial charge in [-0.15, -0.1) is 0 Å². The molecule has 136 valence electrons. The number of benzene rings is 1. The van der Waals surface area contributed by atoms with E-state index in [2.05, 4.69) is 41.9 Å². The van der Waals surface area contributed by atoms with Crippen LogP contribution in [0.1, 0.15) is 57.3 Å². The summed E-state index contributed by atoms with van der Waals surface area (Å²) in [5.41, 5.74) is 3.66. The SMILES string of the molecule is CCC(C(=O)O)n1c2c(c3ccccc31)CC(NCCC(C)C)CC2. The molecule has 1 aliphatic rings. The highest BCUT2D eigenvalue weighted by Gasteiger charge is 2.29. The zero-order valence-electron chi connectivity index (χ0n) is 15.6. The van der Waals surface area contributed by atoms with Crippen LogP contribution < -0.4 is 5.32 Å². The smallest absolute Gasteiger partial charge is 0.326 e. The maximum absolute atomic E-state index is 11.8. The molecular weight excluding hydrogens is 312 g/mol. The molecule has 0 spiro atoms. The minimum absolute atomic E-state index is 0.473. The van der Waals surface area contributed by atoms with Crippen molar-refractivity contribution in [1.82, 2.24) is 9.88 Å². The van der Waals surface area contributed by atoms with E-state index in [-0.39, 0.29) is 0 Å². The number of aromatic nitrogens is 1. The lowest BCUT2D eigenvalue weighted by Gasteiger charge is -2.27. The van der Waals surface area contributed by atoms with Gasteiger partial charge in [0, 0.05) is 22.6 Å². The third kappa shape index (κ3) is 3.59. The van der Waals surface area contributed by atoms with Crippen molar-refractivity contribution in [3.05, 3.63) is 35.5 Å². The molecule has 2 aromatic rings. The van der Waals surface area contributed by atoms with Crippen LogP contribution in [0.15, 0.2) is 24.3 Å². The molecule has 2 N–H and O–H groups in total. The van der Waals surface area contributed by atoms with Crippen LogP contribution in [-0.4, -0.2) is 28.2 Å². The largest absolute Gasteiger partial charge is 0.480 e. The van der Waals surface area contributed by atoms with Gasteiger partial charge in [0.1, 0.15) is 6.04 Å². The Balaban J connectivity index is 1.94. The Kier molecular flexibility index (Phi) is 5.48. The van der Waals surface area contributed by atoms with Gasteiger partial charge in [-0.25, -0.2) is 4.79 Å². The predicted octanol–water partition coefficient (Wildman–Crippen LogP) is 4.17. The number of fused-ring (bicyclic) bond motifs is 3. The van der Waals surface area contributed by atoms with Gasteiger partial charge in [-0.3, -0.25) is 0 Å². The number of hydrogen-bond donors (Lipinski definition) is 2. The van der Waals surface area contributed by atoms with Crippen LogP contribution in [0.25, 0.3) is 10.9 Å². The van der Waals surface area contributed by atoms with Crippen molar-refractivity contribution >= 4 is 16.9 Å². The van der Waals surface area contributed by atoms with Gasteiger partial charge < -0.3 is 15.0 Å². The standard InChI is InChI=1S/C21H30N2O2/c1-4-18(21(24)25)23-19-8-6-5-7-16(19)17-13-15(9-10-20(17)23)22-12-11-14(2)3/h5-8,14-15,18,22H,4,9-13H2,1-3H3,(H,24,25). The monoisotopic (exact) mass is 342 g/mol. The number of hydrogen-bond acceptors (Lipinski definition) is 2. The molecule has 3 rings (SSSR count). The summed E-state index contributed by atoms with van der Waals surface area (Å²) in [7, 11) is 0. The maximum Gasteiger partial charge on any atom is 0.326 e. The molecule has 4 heteroatoms. The number of aliphatic carboxylic acids is 1. The van der Waals surface area contributed by atoms with Crippen molar-refractivity contribution < 1.29 is 9.90 Å². The number of nitrogens with one attached hydrogen (secondary N) is 1. The molecule has 1 aromatic heterocycles. The zero-order chi connectivity index (χ0) is 18.0. The molecule has 1 aliphatic carbocycles. The summed E-state index contributed by atoms with van der Waals surface area (Å²) >= 11 is 0. The van der Waals surface area contributed by atoms with Crippen LogP contribution in [0, 0.1) is 5.92 Å². The molecule has 0 bridgehead atoms. The van der Waals surface area contributed by atoms with E-state index >= 15 is 0 Å². The number of carboxylic acid groups (broad SMARTS) is 1. The Morgan fingerprint density at radius 1 is 1.36 bits per heavy atom. The van der Waals surface area contributed by atoms with E-state index in [1.54, 1.807) is 0 Å². The highest BCUT2D eigenvalue weighted by Crippen LogP contribution is 2.35. The van der Waals surface area contributed by atoms with Crippen molar-refractivity contribution in [2.75, 3.05) is 6.54 Å². The van der Waals surface area contributed by atoms with Gasteiger partial charge in [0.2, 0.25) is 0 Å². The van der Waals surface area contributed by atoms with Gasteiger partial charge in [0.15, 0.2) is 0 Å². The van der Waals surface area contributed by atoms with Crippen LogP contribution in [0.5, 0.6) is 0 Å². The first-order valence-corrected chi connectivity index (χ1v) is 9.59. The van der Waals surface area contributed by atoms with E-state index in [0.717, 1.165) is 37.2 Å². The van der Waals surface area contributed by atoms with Crippen LogP contribution in [-0.2, 0) is 17.6 Å². The summed E-state index contributed by atoms with van der Waals surface area (Å²) in [5.74, 6) is -0.0160. The third-order valence-electron chi connectivity index (χ3n) is 5.45. The van der Waals surface area contributed by atoms with Gasteiger partial charge in [0.25, 0.3) is 0 Å². The fraction of sp³-hybridized carbons (Fsp3) is 0.571. The summed E-state index contributed by atoms with van der Waals surface area (Å²) in [5, 5.41) is 14.6. The number of rotatable bonds is 7. The molecule has 1 aromatic carbocycles. The molecule has 2 unspecified atom stereocenters. The molecule has 25 heavy (non-hydrogen) atoms. The molecular formula is C21H30N2O2. The first kappa shape index (κ1) is 18.0. The topological polar surface area (TPSA) is 54.3 Å². The molecule has 4 nitrogen and oxygen atoms in total. The van der Waals surface area contributed by atoms with E-state index in [9.17, 15) is 9.90 Å². The molecule has 0 radical (unpaired) electrons. The fourth-order valence-corrected chi connectivity index (χ4v) is 4.12. The fourth-order valence-electron chi connectivity index (χ4n) is 4.12.